The maximum Gasteiger partial charge on any atom is 0.226 e. The summed E-state index contributed by atoms with van der Waals surface area (Å²) in [5.41, 5.74) is 2.72. The van der Waals surface area contributed by atoms with Gasteiger partial charge in [0.15, 0.2) is 0 Å². The fourth-order valence-electron chi connectivity index (χ4n) is 3.11. The van der Waals surface area contributed by atoms with Crippen LogP contribution in [-0.4, -0.2) is 35.1 Å². The highest BCUT2D eigenvalue weighted by Crippen LogP contribution is 2.32. The number of fused-ring (bicyclic) bond motifs is 1. The summed E-state index contributed by atoms with van der Waals surface area (Å²) in [6.07, 6.45) is 5.03. The average Bonchev–Trinajstić information content (AvgIpc) is 3.28. The number of aliphatic hydroxyl groups excluding tert-OH is 1. The summed E-state index contributed by atoms with van der Waals surface area (Å²) in [4.78, 5) is 14.5. The molecule has 0 radical (unpaired) electrons. The van der Waals surface area contributed by atoms with E-state index in [1.165, 1.54) is 11.1 Å². The van der Waals surface area contributed by atoms with Crippen molar-refractivity contribution in [1.82, 2.24) is 4.90 Å². The van der Waals surface area contributed by atoms with Crippen molar-refractivity contribution in [1.29, 1.82) is 0 Å². The fraction of sp³-hybridized carbons (Fsp3) is 0.562. The van der Waals surface area contributed by atoms with Gasteiger partial charge in [-0.25, -0.2) is 0 Å². The molecule has 1 fully saturated rings. The van der Waals surface area contributed by atoms with Crippen molar-refractivity contribution in [3.05, 3.63) is 35.4 Å². The Morgan fingerprint density at radius 3 is 2.63 bits per heavy atom. The number of nitrogens with zero attached hydrogens (tertiary/aromatic N) is 1. The smallest absolute Gasteiger partial charge is 0.226 e. The molecule has 0 heterocycles. The third-order valence-electron chi connectivity index (χ3n) is 4.31. The molecule has 0 spiro atoms. The lowest BCUT2D eigenvalue weighted by Gasteiger charge is -2.30. The monoisotopic (exact) mass is 259 g/mol. The predicted molar refractivity (Wildman–Crippen MR) is 73.8 cm³/mol. The van der Waals surface area contributed by atoms with Crippen LogP contribution in [0.2, 0.25) is 0 Å². The molecule has 102 valence electrons. The molecule has 3 nitrogen and oxygen atoms in total. The molecule has 1 aromatic rings. The van der Waals surface area contributed by atoms with Gasteiger partial charge in [-0.15, -0.1) is 0 Å². The average molecular weight is 259 g/mol. The second-order valence-corrected chi connectivity index (χ2v) is 5.69. The molecule has 0 aromatic heterocycles. The van der Waals surface area contributed by atoms with Crippen molar-refractivity contribution in [3.8, 4) is 0 Å². The number of amides is 1. The Balaban J connectivity index is 1.71. The van der Waals surface area contributed by atoms with E-state index in [-0.39, 0.29) is 18.4 Å². The van der Waals surface area contributed by atoms with Crippen molar-refractivity contribution in [2.24, 2.45) is 5.92 Å². The lowest BCUT2D eigenvalue weighted by Crippen LogP contribution is -2.41. The third kappa shape index (κ3) is 2.66. The standard InChI is InChI=1S/C16H21NO2/c18-10-9-17(15-7-8-15)16(19)14-6-5-12-3-1-2-4-13(12)11-14/h1-4,14-15,18H,5-11H2. The minimum Gasteiger partial charge on any atom is -0.395 e. The first kappa shape index (κ1) is 12.7. The second kappa shape index (κ2) is 5.33. The minimum atomic E-state index is 0.0749. The molecule has 3 heteroatoms. The van der Waals surface area contributed by atoms with E-state index in [2.05, 4.69) is 24.3 Å². The van der Waals surface area contributed by atoms with Crippen LogP contribution in [0.15, 0.2) is 24.3 Å². The molecule has 2 aliphatic carbocycles. The van der Waals surface area contributed by atoms with Gasteiger partial charge in [-0.05, 0) is 43.2 Å². The number of benzene rings is 1. The summed E-state index contributed by atoms with van der Waals surface area (Å²) < 4.78 is 0. The second-order valence-electron chi connectivity index (χ2n) is 5.69. The Labute approximate surface area is 114 Å². The van der Waals surface area contributed by atoms with Crippen molar-refractivity contribution in [2.75, 3.05) is 13.2 Å². The number of hydrogen-bond donors (Lipinski definition) is 1. The molecule has 3 rings (SSSR count). The van der Waals surface area contributed by atoms with Crippen LogP contribution < -0.4 is 0 Å². The van der Waals surface area contributed by atoms with Gasteiger partial charge in [-0.2, -0.15) is 0 Å². The van der Waals surface area contributed by atoms with Crippen molar-refractivity contribution >= 4 is 5.91 Å². The molecule has 1 aromatic carbocycles. The van der Waals surface area contributed by atoms with Gasteiger partial charge in [-0.1, -0.05) is 24.3 Å². The van der Waals surface area contributed by atoms with Gasteiger partial charge in [0, 0.05) is 18.5 Å². The normalized spacial score (nSPS) is 21.8. The van der Waals surface area contributed by atoms with E-state index in [0.717, 1.165) is 32.1 Å². The highest BCUT2D eigenvalue weighted by molar-refractivity contribution is 5.80. The van der Waals surface area contributed by atoms with Crippen LogP contribution in [0.1, 0.15) is 30.4 Å². The van der Waals surface area contributed by atoms with E-state index in [1.807, 2.05) is 4.90 Å². The first-order valence-electron chi connectivity index (χ1n) is 7.27. The van der Waals surface area contributed by atoms with Crippen molar-refractivity contribution in [2.45, 2.75) is 38.1 Å². The molecule has 1 amide bonds. The van der Waals surface area contributed by atoms with Gasteiger partial charge >= 0.3 is 0 Å². The number of carbonyl (C=O) groups is 1. The van der Waals surface area contributed by atoms with Crippen molar-refractivity contribution < 1.29 is 9.90 Å². The lowest BCUT2D eigenvalue weighted by atomic mass is 9.83. The number of carbonyl (C=O) groups excluding carboxylic acids is 1. The molecule has 1 saturated carbocycles. The third-order valence-corrected chi connectivity index (χ3v) is 4.31. The van der Waals surface area contributed by atoms with Gasteiger partial charge < -0.3 is 10.0 Å². The zero-order valence-corrected chi connectivity index (χ0v) is 11.2. The first-order chi connectivity index (χ1) is 9.29. The molecule has 0 bridgehead atoms. The highest BCUT2D eigenvalue weighted by Gasteiger charge is 2.36. The SMILES string of the molecule is O=C(C1CCc2ccccc2C1)N(CCO)C1CC1. The molecule has 1 atom stereocenters. The Bertz CT molecular complexity index is 468. The Kier molecular flexibility index (Phi) is 3.56. The number of aryl methyl sites for hydroxylation is 1. The van der Waals surface area contributed by atoms with E-state index in [9.17, 15) is 4.79 Å². The molecule has 1 N–H and O–H groups in total. The summed E-state index contributed by atoms with van der Waals surface area (Å²) in [5, 5.41) is 9.12. The molecule has 2 aliphatic rings. The number of rotatable bonds is 4. The topological polar surface area (TPSA) is 40.5 Å². The number of hydrogen-bond acceptors (Lipinski definition) is 2. The molecule has 19 heavy (non-hydrogen) atoms. The summed E-state index contributed by atoms with van der Waals surface area (Å²) in [7, 11) is 0. The largest absolute Gasteiger partial charge is 0.395 e. The van der Waals surface area contributed by atoms with Crippen LogP contribution >= 0.6 is 0 Å². The summed E-state index contributed by atoms with van der Waals surface area (Å²) >= 11 is 0. The van der Waals surface area contributed by atoms with Gasteiger partial charge in [0.05, 0.1) is 6.61 Å². The van der Waals surface area contributed by atoms with Crippen LogP contribution in [0.4, 0.5) is 0 Å². The highest BCUT2D eigenvalue weighted by atomic mass is 16.3. The van der Waals surface area contributed by atoms with E-state index in [4.69, 9.17) is 5.11 Å². The van der Waals surface area contributed by atoms with Crippen LogP contribution in [0, 0.1) is 5.92 Å². The summed E-state index contributed by atoms with van der Waals surface area (Å²) in [5.74, 6) is 0.369. The van der Waals surface area contributed by atoms with Crippen LogP contribution in [0.25, 0.3) is 0 Å². The van der Waals surface area contributed by atoms with Crippen LogP contribution in [0.3, 0.4) is 0 Å². The van der Waals surface area contributed by atoms with Crippen LogP contribution in [0.5, 0.6) is 0 Å². The van der Waals surface area contributed by atoms with E-state index >= 15 is 0 Å². The predicted octanol–water partition coefficient (Wildman–Crippen LogP) is 1.77. The van der Waals surface area contributed by atoms with E-state index in [0.29, 0.717) is 12.6 Å². The summed E-state index contributed by atoms with van der Waals surface area (Å²) in [6.45, 7) is 0.577. The Hall–Kier alpha value is -1.35. The molecule has 0 saturated heterocycles. The fourth-order valence-corrected chi connectivity index (χ4v) is 3.11. The van der Waals surface area contributed by atoms with Gasteiger partial charge in [-0.3, -0.25) is 4.79 Å². The van der Waals surface area contributed by atoms with E-state index < -0.39 is 0 Å². The zero-order chi connectivity index (χ0) is 13.2. The molecular formula is C16H21NO2. The molecular weight excluding hydrogens is 238 g/mol. The summed E-state index contributed by atoms with van der Waals surface area (Å²) in [6, 6.07) is 8.84. The van der Waals surface area contributed by atoms with E-state index in [1.54, 1.807) is 0 Å². The molecule has 1 unspecified atom stereocenters. The Morgan fingerprint density at radius 1 is 1.21 bits per heavy atom. The zero-order valence-electron chi connectivity index (χ0n) is 11.2. The maximum atomic E-state index is 12.6. The minimum absolute atomic E-state index is 0.0749. The molecule has 0 aliphatic heterocycles. The van der Waals surface area contributed by atoms with Crippen molar-refractivity contribution in [3.63, 3.8) is 0 Å². The van der Waals surface area contributed by atoms with Gasteiger partial charge in [0.2, 0.25) is 5.91 Å². The Morgan fingerprint density at radius 2 is 1.95 bits per heavy atom. The van der Waals surface area contributed by atoms with Crippen LogP contribution in [-0.2, 0) is 17.6 Å². The van der Waals surface area contributed by atoms with Gasteiger partial charge in [0.1, 0.15) is 0 Å². The lowest BCUT2D eigenvalue weighted by molar-refractivity contribution is -0.137. The first-order valence-corrected chi connectivity index (χ1v) is 7.27. The quantitative estimate of drug-likeness (QED) is 0.895. The number of aliphatic hydroxyl groups is 1. The maximum absolute atomic E-state index is 12.6. The van der Waals surface area contributed by atoms with Gasteiger partial charge in [0.25, 0.3) is 0 Å².